The highest BCUT2D eigenvalue weighted by atomic mass is 16.5. The standard InChI is InChI=1S/C15H18N2O3/c1-18-13-7-10(16)6-12(8-13)17-11-4-5-14(19-2)15(9-11)20-3/h4-9,17H,16H2,1-3H3. The molecule has 0 saturated carbocycles. The van der Waals surface area contributed by atoms with E-state index in [1.807, 2.05) is 30.3 Å². The van der Waals surface area contributed by atoms with Crippen LogP contribution in [0.4, 0.5) is 17.1 Å². The van der Waals surface area contributed by atoms with E-state index in [0.717, 1.165) is 11.4 Å². The van der Waals surface area contributed by atoms with E-state index in [4.69, 9.17) is 19.9 Å². The van der Waals surface area contributed by atoms with Crippen LogP contribution in [0.2, 0.25) is 0 Å². The first-order valence-corrected chi connectivity index (χ1v) is 6.10. The van der Waals surface area contributed by atoms with E-state index < -0.39 is 0 Å². The predicted molar refractivity (Wildman–Crippen MR) is 80.2 cm³/mol. The Bertz CT molecular complexity index is 600. The van der Waals surface area contributed by atoms with E-state index in [1.54, 1.807) is 27.4 Å². The lowest BCUT2D eigenvalue weighted by molar-refractivity contribution is 0.355. The van der Waals surface area contributed by atoms with Crippen LogP contribution >= 0.6 is 0 Å². The van der Waals surface area contributed by atoms with Crippen molar-refractivity contribution in [1.29, 1.82) is 0 Å². The third-order valence-electron chi connectivity index (χ3n) is 2.84. The number of hydrogen-bond donors (Lipinski definition) is 2. The van der Waals surface area contributed by atoms with Crippen LogP contribution in [0.1, 0.15) is 0 Å². The van der Waals surface area contributed by atoms with Gasteiger partial charge in [-0.1, -0.05) is 0 Å². The highest BCUT2D eigenvalue weighted by Gasteiger charge is 2.05. The number of nitrogens with one attached hydrogen (secondary N) is 1. The minimum absolute atomic E-state index is 0.632. The van der Waals surface area contributed by atoms with Crippen LogP contribution < -0.4 is 25.3 Å². The summed E-state index contributed by atoms with van der Waals surface area (Å²) >= 11 is 0. The van der Waals surface area contributed by atoms with Crippen LogP contribution in [-0.2, 0) is 0 Å². The number of ether oxygens (including phenoxy) is 3. The molecule has 0 fully saturated rings. The van der Waals surface area contributed by atoms with Crippen molar-refractivity contribution < 1.29 is 14.2 Å². The first kappa shape index (κ1) is 13.9. The van der Waals surface area contributed by atoms with E-state index in [2.05, 4.69) is 5.32 Å². The molecule has 0 amide bonds. The van der Waals surface area contributed by atoms with Gasteiger partial charge in [0.05, 0.1) is 21.3 Å². The van der Waals surface area contributed by atoms with Crippen LogP contribution in [0.15, 0.2) is 36.4 Å². The number of hydrogen-bond acceptors (Lipinski definition) is 5. The molecule has 0 aliphatic heterocycles. The van der Waals surface area contributed by atoms with Gasteiger partial charge in [-0.15, -0.1) is 0 Å². The summed E-state index contributed by atoms with van der Waals surface area (Å²) in [6.07, 6.45) is 0. The Balaban J connectivity index is 2.27. The fourth-order valence-electron chi connectivity index (χ4n) is 1.89. The molecular formula is C15H18N2O3. The average molecular weight is 274 g/mol. The number of nitrogen functional groups attached to an aromatic ring is 1. The lowest BCUT2D eigenvalue weighted by Gasteiger charge is -2.12. The highest BCUT2D eigenvalue weighted by molar-refractivity contribution is 5.68. The summed E-state index contributed by atoms with van der Waals surface area (Å²) in [7, 11) is 4.81. The van der Waals surface area contributed by atoms with Crippen LogP contribution in [0.25, 0.3) is 0 Å². The molecule has 0 atom stereocenters. The van der Waals surface area contributed by atoms with Gasteiger partial charge in [0, 0.05) is 35.3 Å². The summed E-state index contributed by atoms with van der Waals surface area (Å²) in [5.41, 5.74) is 8.17. The minimum Gasteiger partial charge on any atom is -0.497 e. The maximum absolute atomic E-state index is 5.83. The average Bonchev–Trinajstić information content (AvgIpc) is 2.46. The molecule has 0 unspecified atom stereocenters. The molecule has 2 aromatic carbocycles. The number of benzene rings is 2. The van der Waals surface area contributed by atoms with Gasteiger partial charge in [-0.3, -0.25) is 0 Å². The second kappa shape index (κ2) is 6.06. The van der Waals surface area contributed by atoms with Gasteiger partial charge in [-0.05, 0) is 18.2 Å². The van der Waals surface area contributed by atoms with Gasteiger partial charge in [0.2, 0.25) is 0 Å². The number of anilines is 3. The molecule has 2 rings (SSSR count). The monoisotopic (exact) mass is 274 g/mol. The Morgan fingerprint density at radius 3 is 2.20 bits per heavy atom. The molecule has 0 aliphatic rings. The fraction of sp³-hybridized carbons (Fsp3) is 0.200. The van der Waals surface area contributed by atoms with Crippen LogP contribution in [-0.4, -0.2) is 21.3 Å². The molecule has 5 nitrogen and oxygen atoms in total. The Labute approximate surface area is 118 Å². The van der Waals surface area contributed by atoms with Crippen LogP contribution in [0.5, 0.6) is 17.2 Å². The van der Waals surface area contributed by atoms with Gasteiger partial charge in [0.1, 0.15) is 5.75 Å². The summed E-state index contributed by atoms with van der Waals surface area (Å²) in [5.74, 6) is 2.05. The summed E-state index contributed by atoms with van der Waals surface area (Å²) in [6, 6.07) is 11.1. The van der Waals surface area contributed by atoms with Gasteiger partial charge in [-0.2, -0.15) is 0 Å². The van der Waals surface area contributed by atoms with E-state index in [0.29, 0.717) is 22.9 Å². The smallest absolute Gasteiger partial charge is 0.162 e. The van der Waals surface area contributed by atoms with E-state index >= 15 is 0 Å². The van der Waals surface area contributed by atoms with Crippen molar-refractivity contribution in [3.05, 3.63) is 36.4 Å². The number of nitrogens with two attached hydrogens (primary N) is 1. The quantitative estimate of drug-likeness (QED) is 0.820. The lowest BCUT2D eigenvalue weighted by Crippen LogP contribution is -1.96. The van der Waals surface area contributed by atoms with Crippen LogP contribution in [0.3, 0.4) is 0 Å². The summed E-state index contributed by atoms with van der Waals surface area (Å²) < 4.78 is 15.7. The van der Waals surface area contributed by atoms with Gasteiger partial charge in [0.15, 0.2) is 11.5 Å². The molecule has 3 N–H and O–H groups in total. The Kier molecular flexibility index (Phi) is 4.20. The molecule has 0 bridgehead atoms. The molecule has 106 valence electrons. The fourth-order valence-corrected chi connectivity index (χ4v) is 1.89. The molecule has 0 heterocycles. The lowest BCUT2D eigenvalue weighted by atomic mass is 10.2. The molecule has 0 aromatic heterocycles. The van der Waals surface area contributed by atoms with Gasteiger partial charge < -0.3 is 25.3 Å². The molecule has 2 aromatic rings. The second-order valence-corrected chi connectivity index (χ2v) is 4.19. The first-order valence-electron chi connectivity index (χ1n) is 6.10. The SMILES string of the molecule is COc1cc(N)cc(Nc2ccc(OC)c(OC)c2)c1. The summed E-state index contributed by atoms with van der Waals surface area (Å²) in [5, 5.41) is 3.25. The second-order valence-electron chi connectivity index (χ2n) is 4.19. The number of methoxy groups -OCH3 is 3. The van der Waals surface area contributed by atoms with Crippen molar-refractivity contribution in [1.82, 2.24) is 0 Å². The third kappa shape index (κ3) is 3.06. The zero-order valence-corrected chi connectivity index (χ0v) is 11.8. The Hall–Kier alpha value is -2.56. The molecule has 0 saturated heterocycles. The van der Waals surface area contributed by atoms with Gasteiger partial charge >= 0.3 is 0 Å². The maximum atomic E-state index is 5.83. The minimum atomic E-state index is 0.632. The molecule has 20 heavy (non-hydrogen) atoms. The van der Waals surface area contributed by atoms with Crippen molar-refractivity contribution in [2.75, 3.05) is 32.4 Å². The third-order valence-corrected chi connectivity index (χ3v) is 2.84. The Morgan fingerprint density at radius 2 is 1.55 bits per heavy atom. The zero-order chi connectivity index (χ0) is 14.5. The molecule has 5 heteroatoms. The van der Waals surface area contributed by atoms with Crippen LogP contribution in [0, 0.1) is 0 Å². The van der Waals surface area contributed by atoms with Crippen molar-refractivity contribution in [3.8, 4) is 17.2 Å². The largest absolute Gasteiger partial charge is 0.497 e. The van der Waals surface area contributed by atoms with E-state index in [1.165, 1.54) is 0 Å². The van der Waals surface area contributed by atoms with Crippen molar-refractivity contribution >= 4 is 17.1 Å². The maximum Gasteiger partial charge on any atom is 0.162 e. The Morgan fingerprint density at radius 1 is 0.800 bits per heavy atom. The highest BCUT2D eigenvalue weighted by Crippen LogP contribution is 2.32. The normalized spacial score (nSPS) is 9.95. The molecule has 0 aliphatic carbocycles. The summed E-state index contributed by atoms with van der Waals surface area (Å²) in [4.78, 5) is 0. The van der Waals surface area contributed by atoms with E-state index in [-0.39, 0.29) is 0 Å². The number of rotatable bonds is 5. The molecule has 0 spiro atoms. The van der Waals surface area contributed by atoms with Crippen molar-refractivity contribution in [2.45, 2.75) is 0 Å². The molecular weight excluding hydrogens is 256 g/mol. The first-order chi connectivity index (χ1) is 9.66. The van der Waals surface area contributed by atoms with Gasteiger partial charge in [0.25, 0.3) is 0 Å². The summed E-state index contributed by atoms with van der Waals surface area (Å²) in [6.45, 7) is 0. The topological polar surface area (TPSA) is 65.7 Å². The van der Waals surface area contributed by atoms with E-state index in [9.17, 15) is 0 Å². The van der Waals surface area contributed by atoms with Crippen molar-refractivity contribution in [3.63, 3.8) is 0 Å². The zero-order valence-electron chi connectivity index (χ0n) is 11.8. The van der Waals surface area contributed by atoms with Gasteiger partial charge in [-0.25, -0.2) is 0 Å². The molecule has 0 radical (unpaired) electrons. The van der Waals surface area contributed by atoms with Crippen molar-refractivity contribution in [2.24, 2.45) is 0 Å². The predicted octanol–water partition coefficient (Wildman–Crippen LogP) is 3.04.